The molecule has 4 nitrogen and oxygen atoms in total. The molecule has 1 aromatic rings. The van der Waals surface area contributed by atoms with Crippen molar-refractivity contribution in [2.45, 2.75) is 20.5 Å². The van der Waals surface area contributed by atoms with E-state index < -0.39 is 5.97 Å². The molecule has 0 unspecified atom stereocenters. The number of oxime groups is 1. The monoisotopic (exact) mass is 207 g/mol. The first-order valence-electron chi connectivity index (χ1n) is 4.55. The number of aliphatic carboxylic acids is 1. The van der Waals surface area contributed by atoms with E-state index in [0.717, 1.165) is 11.1 Å². The molecular weight excluding hydrogens is 194 g/mol. The number of hydrogen-bond acceptors (Lipinski definition) is 3. The van der Waals surface area contributed by atoms with Gasteiger partial charge in [-0.3, -0.25) is 0 Å². The van der Waals surface area contributed by atoms with E-state index in [1.807, 2.05) is 31.2 Å². The minimum absolute atomic E-state index is 0.0531. The van der Waals surface area contributed by atoms with Crippen LogP contribution in [0.3, 0.4) is 0 Å². The van der Waals surface area contributed by atoms with Gasteiger partial charge in [-0.15, -0.1) is 0 Å². The molecule has 0 aromatic heterocycles. The Bertz CT molecular complexity index is 385. The molecule has 1 aromatic carbocycles. The van der Waals surface area contributed by atoms with Gasteiger partial charge in [0.1, 0.15) is 6.61 Å². The molecular formula is C11H13NO3. The fraction of sp³-hybridized carbons (Fsp3) is 0.273. The second-order valence-electron chi connectivity index (χ2n) is 3.24. The minimum Gasteiger partial charge on any atom is -0.477 e. The van der Waals surface area contributed by atoms with Crippen LogP contribution >= 0.6 is 0 Å². The van der Waals surface area contributed by atoms with Crippen LogP contribution in [0.1, 0.15) is 18.1 Å². The number of aryl methyl sites for hydroxylation is 1. The van der Waals surface area contributed by atoms with Crippen LogP contribution in [0.15, 0.2) is 29.4 Å². The molecule has 0 atom stereocenters. The van der Waals surface area contributed by atoms with E-state index in [9.17, 15) is 4.79 Å². The highest BCUT2D eigenvalue weighted by Gasteiger charge is 2.01. The van der Waals surface area contributed by atoms with Gasteiger partial charge >= 0.3 is 5.97 Å². The Morgan fingerprint density at radius 1 is 1.53 bits per heavy atom. The highest BCUT2D eigenvalue weighted by Crippen LogP contribution is 2.05. The van der Waals surface area contributed by atoms with Gasteiger partial charge in [-0.05, 0) is 19.4 Å². The van der Waals surface area contributed by atoms with E-state index >= 15 is 0 Å². The van der Waals surface area contributed by atoms with Gasteiger partial charge in [0.2, 0.25) is 0 Å². The van der Waals surface area contributed by atoms with E-state index in [4.69, 9.17) is 9.94 Å². The summed E-state index contributed by atoms with van der Waals surface area (Å²) in [4.78, 5) is 15.3. The molecule has 80 valence electrons. The first kappa shape index (κ1) is 11.2. The summed E-state index contributed by atoms with van der Waals surface area (Å²) in [7, 11) is 0. The van der Waals surface area contributed by atoms with Crippen LogP contribution in [0.4, 0.5) is 0 Å². The summed E-state index contributed by atoms with van der Waals surface area (Å²) in [6.45, 7) is 3.65. The summed E-state index contributed by atoms with van der Waals surface area (Å²) < 4.78 is 0. The van der Waals surface area contributed by atoms with Gasteiger partial charge in [0.05, 0.1) is 0 Å². The lowest BCUT2D eigenvalue weighted by Crippen LogP contribution is -2.08. The van der Waals surface area contributed by atoms with Crippen molar-refractivity contribution in [3.05, 3.63) is 35.4 Å². The third kappa shape index (κ3) is 3.81. The van der Waals surface area contributed by atoms with Crippen molar-refractivity contribution in [1.82, 2.24) is 0 Å². The van der Waals surface area contributed by atoms with Crippen molar-refractivity contribution in [3.63, 3.8) is 0 Å². The minimum atomic E-state index is -1.07. The van der Waals surface area contributed by atoms with Gasteiger partial charge in [-0.25, -0.2) is 4.79 Å². The van der Waals surface area contributed by atoms with E-state index in [0.29, 0.717) is 0 Å². The maximum Gasteiger partial charge on any atom is 0.353 e. The van der Waals surface area contributed by atoms with Crippen LogP contribution < -0.4 is 0 Å². The molecule has 0 fully saturated rings. The summed E-state index contributed by atoms with van der Waals surface area (Å²) in [5.41, 5.74) is 2.05. The fourth-order valence-corrected chi connectivity index (χ4v) is 1.04. The van der Waals surface area contributed by atoms with Gasteiger partial charge in [0, 0.05) is 0 Å². The average Bonchev–Trinajstić information content (AvgIpc) is 2.17. The molecule has 0 aliphatic carbocycles. The normalized spacial score (nSPS) is 11.2. The van der Waals surface area contributed by atoms with Gasteiger partial charge < -0.3 is 9.94 Å². The summed E-state index contributed by atoms with van der Waals surface area (Å²) in [6, 6.07) is 7.77. The van der Waals surface area contributed by atoms with E-state index in [-0.39, 0.29) is 12.3 Å². The molecule has 0 saturated carbocycles. The zero-order valence-electron chi connectivity index (χ0n) is 8.73. The largest absolute Gasteiger partial charge is 0.477 e. The first-order valence-corrected chi connectivity index (χ1v) is 4.55. The van der Waals surface area contributed by atoms with Crippen molar-refractivity contribution in [1.29, 1.82) is 0 Å². The molecule has 0 aliphatic heterocycles. The van der Waals surface area contributed by atoms with Crippen LogP contribution in [0.2, 0.25) is 0 Å². The standard InChI is InChI=1S/C11H13NO3/c1-8-4-3-5-10(6-8)7-15-12-9(2)11(13)14/h3-6H,7H2,1-2H3,(H,13,14)/b12-9+. The summed E-state index contributed by atoms with van der Waals surface area (Å²) in [5, 5.41) is 12.0. The van der Waals surface area contributed by atoms with Crippen molar-refractivity contribution in [2.75, 3.05) is 0 Å². The predicted molar refractivity (Wildman–Crippen MR) is 56.7 cm³/mol. The third-order valence-electron chi connectivity index (χ3n) is 1.82. The lowest BCUT2D eigenvalue weighted by Gasteiger charge is -2.01. The molecule has 0 spiro atoms. The predicted octanol–water partition coefficient (Wildman–Crippen LogP) is 1.97. The van der Waals surface area contributed by atoms with Crippen LogP contribution in [0.5, 0.6) is 0 Å². The molecule has 15 heavy (non-hydrogen) atoms. The van der Waals surface area contributed by atoms with Crippen molar-refractivity contribution in [3.8, 4) is 0 Å². The Balaban J connectivity index is 2.51. The van der Waals surface area contributed by atoms with Gasteiger partial charge in [-0.2, -0.15) is 0 Å². The second kappa shape index (κ2) is 5.14. The SMILES string of the molecule is C/C(=N\OCc1cccc(C)c1)C(=O)O. The number of carbonyl (C=O) groups is 1. The van der Waals surface area contributed by atoms with E-state index in [1.165, 1.54) is 6.92 Å². The molecule has 0 aliphatic rings. The van der Waals surface area contributed by atoms with Crippen LogP contribution in [-0.2, 0) is 16.2 Å². The summed E-state index contributed by atoms with van der Waals surface area (Å²) in [6.07, 6.45) is 0. The maximum absolute atomic E-state index is 10.4. The van der Waals surface area contributed by atoms with Gasteiger partial charge in [0.25, 0.3) is 0 Å². The average molecular weight is 207 g/mol. The third-order valence-corrected chi connectivity index (χ3v) is 1.82. The Morgan fingerprint density at radius 3 is 2.87 bits per heavy atom. The highest BCUT2D eigenvalue weighted by molar-refractivity contribution is 6.34. The number of benzene rings is 1. The number of carboxylic acid groups (broad SMARTS) is 1. The molecule has 0 heterocycles. The molecule has 0 amide bonds. The molecule has 1 N–H and O–H groups in total. The second-order valence-corrected chi connectivity index (χ2v) is 3.24. The van der Waals surface area contributed by atoms with Gasteiger partial charge in [0.15, 0.2) is 5.71 Å². The van der Waals surface area contributed by atoms with Crippen LogP contribution in [0.25, 0.3) is 0 Å². The molecule has 0 saturated heterocycles. The van der Waals surface area contributed by atoms with Crippen molar-refractivity contribution < 1.29 is 14.7 Å². The number of nitrogens with zero attached hydrogens (tertiary/aromatic N) is 1. The number of rotatable bonds is 4. The maximum atomic E-state index is 10.4. The zero-order chi connectivity index (χ0) is 11.3. The lowest BCUT2D eigenvalue weighted by molar-refractivity contribution is -0.129. The zero-order valence-corrected chi connectivity index (χ0v) is 8.73. The van der Waals surface area contributed by atoms with E-state index in [2.05, 4.69) is 5.16 Å². The van der Waals surface area contributed by atoms with Crippen molar-refractivity contribution in [2.24, 2.45) is 5.16 Å². The van der Waals surface area contributed by atoms with Crippen LogP contribution in [0, 0.1) is 6.92 Å². The molecule has 1 rings (SSSR count). The smallest absolute Gasteiger partial charge is 0.353 e. The summed E-state index contributed by atoms with van der Waals surface area (Å²) >= 11 is 0. The first-order chi connectivity index (χ1) is 7.09. The number of hydrogen-bond donors (Lipinski definition) is 1. The molecule has 0 radical (unpaired) electrons. The summed E-state index contributed by atoms with van der Waals surface area (Å²) in [5.74, 6) is -1.07. The van der Waals surface area contributed by atoms with Crippen molar-refractivity contribution >= 4 is 11.7 Å². The highest BCUT2D eigenvalue weighted by atomic mass is 16.6. The molecule has 0 bridgehead atoms. The molecule has 4 heteroatoms. The Hall–Kier alpha value is -1.84. The fourth-order valence-electron chi connectivity index (χ4n) is 1.04. The number of carboxylic acids is 1. The topological polar surface area (TPSA) is 58.9 Å². The Kier molecular flexibility index (Phi) is 3.85. The Labute approximate surface area is 88.2 Å². The quantitative estimate of drug-likeness (QED) is 0.606. The lowest BCUT2D eigenvalue weighted by atomic mass is 10.1. The van der Waals surface area contributed by atoms with Gasteiger partial charge in [-0.1, -0.05) is 35.0 Å². The van der Waals surface area contributed by atoms with E-state index in [1.54, 1.807) is 0 Å². The Morgan fingerprint density at radius 2 is 2.27 bits per heavy atom. The van der Waals surface area contributed by atoms with Crippen LogP contribution in [-0.4, -0.2) is 16.8 Å².